The van der Waals surface area contributed by atoms with Gasteiger partial charge in [-0.25, -0.2) is 4.98 Å². The van der Waals surface area contributed by atoms with E-state index in [0.29, 0.717) is 0 Å². The van der Waals surface area contributed by atoms with E-state index in [1.54, 1.807) is 0 Å². The maximum Gasteiger partial charge on any atom is 0.145 e. The van der Waals surface area contributed by atoms with Crippen molar-refractivity contribution >= 4 is 95.9 Å². The lowest BCUT2D eigenvalue weighted by Crippen LogP contribution is -1.99. The van der Waals surface area contributed by atoms with Crippen molar-refractivity contribution in [3.63, 3.8) is 0 Å². The Morgan fingerprint density at radius 2 is 0.697 bits per heavy atom. The zero-order valence-corrected chi connectivity index (χ0v) is 37.2. The van der Waals surface area contributed by atoms with E-state index in [0.717, 1.165) is 33.8 Å². The molecule has 5 heteroatoms. The number of nitrogens with zero attached hydrogens (tertiary/aromatic N) is 3. The topological polar surface area (TPSA) is 22.8 Å². The van der Waals surface area contributed by atoms with Crippen LogP contribution >= 0.6 is 22.7 Å². The molecule has 0 saturated carbocycles. The van der Waals surface area contributed by atoms with Crippen LogP contribution in [-0.2, 0) is 0 Å². The van der Waals surface area contributed by atoms with Gasteiger partial charge in [-0.05, 0) is 130 Å². The monoisotopic (exact) mass is 875 g/mol. The molecule has 0 radical (unpaired) electrons. The molecule has 0 fully saturated rings. The number of aromatic nitrogens is 3. The number of hydrogen-bond donors (Lipinski definition) is 0. The Kier molecular flexibility index (Phi) is 8.32. The first-order valence-electron chi connectivity index (χ1n) is 22.3. The highest BCUT2D eigenvalue weighted by Crippen LogP contribution is 2.42. The summed E-state index contributed by atoms with van der Waals surface area (Å²) < 4.78 is 10.0. The Morgan fingerprint density at radius 1 is 0.273 bits per heavy atom. The standard InChI is InChI=1S/C61H37N3S2/c1-2-10-38(11-3-1)39-18-20-40(21-19-39)61-62-53-14-6-7-15-56(53)64(61)46-28-26-45(27-29-46)63-54-30-22-41(43-24-32-59-51(36-43)47-12-4-8-16-57(47)65-59)34-49(54)50-35-42(23-31-55(50)63)44-25-33-60-52(37-44)48-13-5-9-17-58(48)66-60/h1-37H. The molecule has 3 nitrogen and oxygen atoms in total. The number of para-hydroxylation sites is 2. The van der Waals surface area contributed by atoms with Crippen molar-refractivity contribution in [1.82, 2.24) is 14.1 Å². The van der Waals surface area contributed by atoms with Gasteiger partial charge in [-0.3, -0.25) is 4.57 Å². The van der Waals surface area contributed by atoms with Crippen molar-refractivity contribution in [3.8, 4) is 56.1 Å². The van der Waals surface area contributed by atoms with E-state index in [1.165, 1.54) is 95.5 Å². The lowest BCUT2D eigenvalue weighted by atomic mass is 9.98. The van der Waals surface area contributed by atoms with Gasteiger partial charge in [0.15, 0.2) is 0 Å². The van der Waals surface area contributed by atoms with E-state index in [-0.39, 0.29) is 0 Å². The van der Waals surface area contributed by atoms with Crippen molar-refractivity contribution in [1.29, 1.82) is 0 Å². The lowest BCUT2D eigenvalue weighted by Gasteiger charge is -2.13. The van der Waals surface area contributed by atoms with Crippen molar-refractivity contribution < 1.29 is 0 Å². The molecule has 0 amide bonds. The SMILES string of the molecule is c1ccc(-c2ccc(-c3nc4ccccc4n3-c3ccc(-n4c5ccc(-c6ccc7sc8ccccc8c7c6)cc5c5cc(-c6ccc7sc8ccccc8c7c6)ccc54)cc3)cc2)cc1. The molecule has 0 N–H and O–H groups in total. The van der Waals surface area contributed by atoms with Gasteiger partial charge in [-0.15, -0.1) is 22.7 Å². The molecule has 4 heterocycles. The van der Waals surface area contributed by atoms with E-state index in [4.69, 9.17) is 4.98 Å². The number of rotatable bonds is 6. The molecule has 66 heavy (non-hydrogen) atoms. The Hall–Kier alpha value is -8.09. The van der Waals surface area contributed by atoms with Crippen LogP contribution in [0, 0.1) is 0 Å². The highest BCUT2D eigenvalue weighted by Gasteiger charge is 2.19. The minimum atomic E-state index is 0.919. The van der Waals surface area contributed by atoms with E-state index >= 15 is 0 Å². The maximum atomic E-state index is 5.20. The summed E-state index contributed by atoms with van der Waals surface area (Å²) >= 11 is 3.73. The molecule has 0 aliphatic heterocycles. The van der Waals surface area contributed by atoms with Gasteiger partial charge in [0.1, 0.15) is 5.82 Å². The first-order chi connectivity index (χ1) is 32.7. The van der Waals surface area contributed by atoms with E-state index < -0.39 is 0 Å². The molecule has 10 aromatic carbocycles. The molecule has 308 valence electrons. The van der Waals surface area contributed by atoms with Gasteiger partial charge in [0.2, 0.25) is 0 Å². The zero-order chi connectivity index (χ0) is 43.3. The fourth-order valence-corrected chi connectivity index (χ4v) is 12.3. The second kappa shape index (κ2) is 14.7. The van der Waals surface area contributed by atoms with E-state index in [2.05, 4.69) is 234 Å². The fourth-order valence-electron chi connectivity index (χ4n) is 10.1. The van der Waals surface area contributed by atoms with Gasteiger partial charge >= 0.3 is 0 Å². The number of thiophene rings is 2. The van der Waals surface area contributed by atoms with E-state index in [9.17, 15) is 0 Å². The molecule has 0 atom stereocenters. The number of benzene rings is 10. The molecular weight excluding hydrogens is 839 g/mol. The van der Waals surface area contributed by atoms with Crippen molar-refractivity contribution in [3.05, 3.63) is 224 Å². The highest BCUT2D eigenvalue weighted by atomic mass is 32.1. The molecule has 0 bridgehead atoms. The Labute approximate surface area is 388 Å². The molecule has 14 aromatic rings. The molecule has 4 aromatic heterocycles. The van der Waals surface area contributed by atoms with Crippen LogP contribution in [0.5, 0.6) is 0 Å². The van der Waals surface area contributed by atoms with Gasteiger partial charge in [0.25, 0.3) is 0 Å². The molecular formula is C61H37N3S2. The summed E-state index contributed by atoms with van der Waals surface area (Å²) in [6.07, 6.45) is 0. The van der Waals surface area contributed by atoms with E-state index in [1.807, 2.05) is 22.7 Å². The van der Waals surface area contributed by atoms with Crippen LogP contribution in [0.2, 0.25) is 0 Å². The summed E-state index contributed by atoms with van der Waals surface area (Å²) in [6.45, 7) is 0. The minimum Gasteiger partial charge on any atom is -0.309 e. The van der Waals surface area contributed by atoms with Gasteiger partial charge < -0.3 is 4.57 Å². The first-order valence-corrected chi connectivity index (χ1v) is 24.0. The molecule has 0 saturated heterocycles. The summed E-state index contributed by atoms with van der Waals surface area (Å²) in [4.78, 5) is 5.20. The van der Waals surface area contributed by atoms with Gasteiger partial charge in [-0.1, -0.05) is 127 Å². The van der Waals surface area contributed by atoms with Crippen molar-refractivity contribution in [2.75, 3.05) is 0 Å². The van der Waals surface area contributed by atoms with Crippen LogP contribution in [0.4, 0.5) is 0 Å². The summed E-state index contributed by atoms with van der Waals surface area (Å²) in [7, 11) is 0. The summed E-state index contributed by atoms with van der Waals surface area (Å²) in [5.41, 5.74) is 14.9. The van der Waals surface area contributed by atoms with Crippen LogP contribution < -0.4 is 0 Å². The fraction of sp³-hybridized carbons (Fsp3) is 0. The quantitative estimate of drug-likeness (QED) is 0.163. The molecule has 14 rings (SSSR count). The van der Waals surface area contributed by atoms with Gasteiger partial charge in [-0.2, -0.15) is 0 Å². The normalized spacial score (nSPS) is 11.9. The predicted octanol–water partition coefficient (Wildman–Crippen LogP) is 17.5. The number of hydrogen-bond acceptors (Lipinski definition) is 3. The second-order valence-corrected chi connectivity index (χ2v) is 19.3. The van der Waals surface area contributed by atoms with Gasteiger partial charge in [0.05, 0.1) is 22.1 Å². The lowest BCUT2D eigenvalue weighted by molar-refractivity contribution is 1.09. The summed E-state index contributed by atoms with van der Waals surface area (Å²) in [6, 6.07) is 82.2. The third-order valence-electron chi connectivity index (χ3n) is 13.4. The third kappa shape index (κ3) is 5.91. The van der Waals surface area contributed by atoms with Crippen LogP contribution in [0.1, 0.15) is 0 Å². The zero-order valence-electron chi connectivity index (χ0n) is 35.5. The van der Waals surface area contributed by atoms with Gasteiger partial charge in [0, 0.05) is 68.1 Å². The molecule has 0 aliphatic carbocycles. The largest absolute Gasteiger partial charge is 0.309 e. The average molecular weight is 876 g/mol. The minimum absolute atomic E-state index is 0.919. The Morgan fingerprint density at radius 3 is 1.29 bits per heavy atom. The maximum absolute atomic E-state index is 5.20. The van der Waals surface area contributed by atoms with Crippen LogP contribution in [-0.4, -0.2) is 14.1 Å². The summed E-state index contributed by atoms with van der Waals surface area (Å²) in [5, 5.41) is 7.72. The smallest absolute Gasteiger partial charge is 0.145 e. The first kappa shape index (κ1) is 37.3. The third-order valence-corrected chi connectivity index (χ3v) is 15.7. The average Bonchev–Trinajstić information content (AvgIpc) is 4.15. The molecule has 0 unspecified atom stereocenters. The number of imidazole rings is 1. The second-order valence-electron chi connectivity index (χ2n) is 17.1. The predicted molar refractivity (Wildman–Crippen MR) is 283 cm³/mol. The van der Waals surface area contributed by atoms with Crippen LogP contribution in [0.3, 0.4) is 0 Å². The Bertz CT molecular complexity index is 4040. The Balaban J connectivity index is 0.919. The number of fused-ring (bicyclic) bond motifs is 10. The van der Waals surface area contributed by atoms with Crippen molar-refractivity contribution in [2.45, 2.75) is 0 Å². The van der Waals surface area contributed by atoms with Crippen LogP contribution in [0.15, 0.2) is 224 Å². The van der Waals surface area contributed by atoms with Crippen molar-refractivity contribution in [2.24, 2.45) is 0 Å². The summed E-state index contributed by atoms with van der Waals surface area (Å²) in [5.74, 6) is 0.919. The highest BCUT2D eigenvalue weighted by molar-refractivity contribution is 7.26. The molecule has 0 spiro atoms. The molecule has 0 aliphatic rings. The van der Waals surface area contributed by atoms with Crippen LogP contribution in [0.25, 0.3) is 129 Å².